The largest absolute Gasteiger partial charge is 0.363 e. The van der Waals surface area contributed by atoms with Crippen LogP contribution in [-0.2, 0) is 16.1 Å². The summed E-state index contributed by atoms with van der Waals surface area (Å²) in [5.74, 6) is 0.895. The molecule has 1 aliphatic rings. The molecule has 9 heteroatoms. The van der Waals surface area contributed by atoms with Crippen molar-refractivity contribution in [3.05, 3.63) is 47.7 Å². The third-order valence-electron chi connectivity index (χ3n) is 5.47. The van der Waals surface area contributed by atoms with Gasteiger partial charge in [0.05, 0.1) is 17.9 Å². The van der Waals surface area contributed by atoms with Gasteiger partial charge >= 0.3 is 0 Å². The highest BCUT2D eigenvalue weighted by Gasteiger charge is 2.26. The first-order valence-electron chi connectivity index (χ1n) is 10.8. The maximum Gasteiger partial charge on any atom is 0.238 e. The van der Waals surface area contributed by atoms with Gasteiger partial charge in [-0.1, -0.05) is 12.1 Å². The number of carbonyl (C=O) groups is 2. The average molecular weight is 443 g/mol. The Hall–Kier alpha value is -3.07. The quantitative estimate of drug-likeness (QED) is 0.710. The Morgan fingerprint density at radius 2 is 1.97 bits per heavy atom. The average Bonchev–Trinajstić information content (AvgIpc) is 2.75. The van der Waals surface area contributed by atoms with Gasteiger partial charge in [0.2, 0.25) is 11.8 Å². The second kappa shape index (κ2) is 10.5. The number of piperidine rings is 1. The highest BCUT2D eigenvalue weighted by atomic mass is 19.1. The van der Waals surface area contributed by atoms with Gasteiger partial charge in [-0.05, 0) is 32.0 Å². The van der Waals surface area contributed by atoms with E-state index in [0.29, 0.717) is 13.1 Å². The van der Waals surface area contributed by atoms with E-state index in [4.69, 9.17) is 9.97 Å². The van der Waals surface area contributed by atoms with Gasteiger partial charge in [-0.3, -0.25) is 14.5 Å². The normalized spacial score (nSPS) is 16.2. The van der Waals surface area contributed by atoms with Crippen molar-refractivity contribution >= 4 is 23.3 Å². The number of anilines is 2. The summed E-state index contributed by atoms with van der Waals surface area (Å²) in [6.45, 7) is 3.50. The number of hydrogen-bond donors (Lipinski definition) is 1. The van der Waals surface area contributed by atoms with Crippen LogP contribution >= 0.6 is 0 Å². The molecule has 0 aliphatic carbocycles. The Labute approximate surface area is 188 Å². The van der Waals surface area contributed by atoms with Gasteiger partial charge in [0.1, 0.15) is 17.5 Å². The van der Waals surface area contributed by atoms with E-state index in [0.717, 1.165) is 36.7 Å². The van der Waals surface area contributed by atoms with Crippen LogP contribution in [0.2, 0.25) is 0 Å². The van der Waals surface area contributed by atoms with E-state index in [9.17, 15) is 14.0 Å². The van der Waals surface area contributed by atoms with Crippen LogP contribution in [0.3, 0.4) is 0 Å². The first-order chi connectivity index (χ1) is 15.2. The van der Waals surface area contributed by atoms with Gasteiger partial charge < -0.3 is 15.1 Å². The lowest BCUT2D eigenvalue weighted by Crippen LogP contribution is -2.38. The Balaban J connectivity index is 1.70. The molecule has 1 aliphatic heterocycles. The molecule has 0 spiro atoms. The summed E-state index contributed by atoms with van der Waals surface area (Å²) in [6, 6.07) is 7.99. The molecule has 1 atom stereocenters. The van der Waals surface area contributed by atoms with Crippen LogP contribution in [0.4, 0.5) is 15.9 Å². The Morgan fingerprint density at radius 3 is 2.66 bits per heavy atom. The smallest absolute Gasteiger partial charge is 0.238 e. The maximum absolute atomic E-state index is 13.8. The van der Waals surface area contributed by atoms with Crippen molar-refractivity contribution in [2.24, 2.45) is 0 Å². The van der Waals surface area contributed by atoms with Crippen molar-refractivity contribution in [2.75, 3.05) is 51.0 Å². The highest BCUT2D eigenvalue weighted by molar-refractivity contribution is 5.92. The summed E-state index contributed by atoms with van der Waals surface area (Å²) in [7, 11) is 5.66. The minimum Gasteiger partial charge on any atom is -0.363 e. The molecule has 8 nitrogen and oxygen atoms in total. The fourth-order valence-corrected chi connectivity index (χ4v) is 3.80. The summed E-state index contributed by atoms with van der Waals surface area (Å²) in [5.41, 5.74) is 0.956. The van der Waals surface area contributed by atoms with E-state index in [1.54, 1.807) is 19.1 Å². The van der Waals surface area contributed by atoms with Crippen LogP contribution in [0, 0.1) is 5.82 Å². The summed E-state index contributed by atoms with van der Waals surface area (Å²) in [6.07, 6.45) is 1.85. The zero-order valence-corrected chi connectivity index (χ0v) is 19.1. The SMILES string of the molecule is CC(=O)N1CCC[C@H](c2nc(CN(C)CC(=O)Nc3ccccc3F)cc(N(C)C)n2)C1. The molecule has 0 saturated carbocycles. The molecule has 1 fully saturated rings. The molecular formula is C23H31FN6O2. The van der Waals surface area contributed by atoms with Crippen LogP contribution in [0.15, 0.2) is 30.3 Å². The number of hydrogen-bond acceptors (Lipinski definition) is 6. The number of para-hydroxylation sites is 1. The van der Waals surface area contributed by atoms with Gasteiger partial charge in [-0.15, -0.1) is 0 Å². The zero-order valence-electron chi connectivity index (χ0n) is 19.1. The first-order valence-corrected chi connectivity index (χ1v) is 10.8. The topological polar surface area (TPSA) is 81.7 Å². The molecule has 1 aromatic heterocycles. The second-order valence-electron chi connectivity index (χ2n) is 8.47. The number of halogens is 1. The maximum atomic E-state index is 13.8. The summed E-state index contributed by atoms with van der Waals surface area (Å²) in [5, 5.41) is 2.60. The predicted molar refractivity (Wildman–Crippen MR) is 122 cm³/mol. The highest BCUT2D eigenvalue weighted by Crippen LogP contribution is 2.26. The molecule has 32 heavy (non-hydrogen) atoms. The number of likely N-dealkylation sites (N-methyl/N-ethyl adjacent to an activating group) is 1. The van der Waals surface area contributed by atoms with E-state index in [2.05, 4.69) is 5.32 Å². The summed E-state index contributed by atoms with van der Waals surface area (Å²) >= 11 is 0. The minimum absolute atomic E-state index is 0.0688. The Bertz CT molecular complexity index is 967. The van der Waals surface area contributed by atoms with E-state index in [-0.39, 0.29) is 30.0 Å². The third-order valence-corrected chi connectivity index (χ3v) is 5.47. The van der Waals surface area contributed by atoms with Crippen LogP contribution in [0.5, 0.6) is 0 Å². The molecule has 2 aromatic rings. The fraction of sp³-hybridized carbons (Fsp3) is 0.478. The van der Waals surface area contributed by atoms with Gasteiger partial charge in [0, 0.05) is 52.6 Å². The first kappa shape index (κ1) is 23.6. The van der Waals surface area contributed by atoms with Crippen LogP contribution in [0.25, 0.3) is 0 Å². The molecule has 1 saturated heterocycles. The Kier molecular flexibility index (Phi) is 7.74. The van der Waals surface area contributed by atoms with Crippen molar-refractivity contribution in [3.63, 3.8) is 0 Å². The number of carbonyl (C=O) groups excluding carboxylic acids is 2. The zero-order chi connectivity index (χ0) is 23.3. The molecule has 2 heterocycles. The van der Waals surface area contributed by atoms with Crippen molar-refractivity contribution in [1.29, 1.82) is 0 Å². The number of benzene rings is 1. The number of nitrogens with one attached hydrogen (secondary N) is 1. The van der Waals surface area contributed by atoms with E-state index < -0.39 is 5.82 Å². The van der Waals surface area contributed by atoms with Crippen molar-refractivity contribution in [1.82, 2.24) is 19.8 Å². The minimum atomic E-state index is -0.466. The molecule has 0 bridgehead atoms. The molecule has 1 aromatic carbocycles. The lowest BCUT2D eigenvalue weighted by atomic mass is 9.97. The number of rotatable bonds is 7. The predicted octanol–water partition coefficient (Wildman–Crippen LogP) is 2.48. The summed E-state index contributed by atoms with van der Waals surface area (Å²) < 4.78 is 13.8. The number of amides is 2. The third kappa shape index (κ3) is 6.23. The van der Waals surface area contributed by atoms with Crippen LogP contribution in [-0.4, -0.2) is 72.4 Å². The van der Waals surface area contributed by atoms with Gasteiger partial charge in [-0.2, -0.15) is 0 Å². The molecule has 172 valence electrons. The number of likely N-dealkylation sites (tertiary alicyclic amines) is 1. The van der Waals surface area contributed by atoms with Crippen LogP contribution in [0.1, 0.15) is 37.2 Å². The lowest BCUT2D eigenvalue weighted by Gasteiger charge is -2.31. The Morgan fingerprint density at radius 1 is 1.22 bits per heavy atom. The molecule has 0 unspecified atom stereocenters. The van der Waals surface area contributed by atoms with E-state index in [1.165, 1.54) is 12.1 Å². The number of aromatic nitrogens is 2. The monoisotopic (exact) mass is 442 g/mol. The standard InChI is InChI=1S/C23H31FN6O2/c1-16(31)30-11-7-8-17(13-30)23-25-18(12-21(27-23)28(2)3)14-29(4)15-22(32)26-20-10-6-5-9-19(20)24/h5-6,9-10,12,17H,7-8,11,13-15H2,1-4H3,(H,26,32)/t17-/m0/s1. The van der Waals surface area contributed by atoms with Crippen LogP contribution < -0.4 is 10.2 Å². The second-order valence-corrected chi connectivity index (χ2v) is 8.47. The lowest BCUT2D eigenvalue weighted by molar-refractivity contribution is -0.130. The molecule has 3 rings (SSSR count). The van der Waals surface area contributed by atoms with E-state index in [1.807, 2.05) is 41.9 Å². The van der Waals surface area contributed by atoms with E-state index >= 15 is 0 Å². The van der Waals surface area contributed by atoms with Gasteiger partial charge in [0.25, 0.3) is 0 Å². The molecule has 0 radical (unpaired) electrons. The number of nitrogens with zero attached hydrogens (tertiary/aromatic N) is 5. The summed E-state index contributed by atoms with van der Waals surface area (Å²) in [4.78, 5) is 39.3. The van der Waals surface area contributed by atoms with Crippen molar-refractivity contribution < 1.29 is 14.0 Å². The molecular weight excluding hydrogens is 411 g/mol. The van der Waals surface area contributed by atoms with Gasteiger partial charge in [-0.25, -0.2) is 14.4 Å². The fourth-order valence-electron chi connectivity index (χ4n) is 3.80. The van der Waals surface area contributed by atoms with Gasteiger partial charge in [0.15, 0.2) is 0 Å². The molecule has 1 N–H and O–H groups in total. The van der Waals surface area contributed by atoms with Crippen molar-refractivity contribution in [2.45, 2.75) is 32.2 Å². The molecule has 2 amide bonds. The van der Waals surface area contributed by atoms with Crippen molar-refractivity contribution in [3.8, 4) is 0 Å².